The van der Waals surface area contributed by atoms with Crippen molar-refractivity contribution in [2.75, 3.05) is 18.2 Å². The second kappa shape index (κ2) is 6.94. The quantitative estimate of drug-likeness (QED) is 0.907. The van der Waals surface area contributed by atoms with E-state index in [4.69, 9.17) is 10.00 Å². The minimum absolute atomic E-state index is 0.0433. The number of nitrogens with one attached hydrogen (secondary N) is 1. The van der Waals surface area contributed by atoms with E-state index in [9.17, 15) is 13.2 Å². The molecule has 0 heterocycles. The molecule has 0 aromatic heterocycles. The summed E-state index contributed by atoms with van der Waals surface area (Å²) in [5, 5.41) is 11.1. The largest absolute Gasteiger partial charge is 0.479 e. The summed E-state index contributed by atoms with van der Waals surface area (Å²) < 4.78 is 27.9. The third-order valence-corrected chi connectivity index (χ3v) is 4.09. The van der Waals surface area contributed by atoms with E-state index in [1.807, 2.05) is 6.07 Å². The van der Waals surface area contributed by atoms with Crippen LogP contribution in [-0.2, 0) is 9.84 Å². The summed E-state index contributed by atoms with van der Waals surface area (Å²) in [6, 6.07) is 14.1. The fraction of sp³-hybridized carbons (Fsp3) is 0.125. The minimum atomic E-state index is -3.29. The first-order valence-corrected chi connectivity index (χ1v) is 8.50. The van der Waals surface area contributed by atoms with Gasteiger partial charge in [0.05, 0.1) is 4.90 Å². The van der Waals surface area contributed by atoms with Crippen molar-refractivity contribution in [1.82, 2.24) is 0 Å². The van der Waals surface area contributed by atoms with Crippen molar-refractivity contribution < 1.29 is 17.9 Å². The summed E-state index contributed by atoms with van der Waals surface area (Å²) in [6.45, 7) is -0.0433. The molecule has 2 aromatic carbocycles. The van der Waals surface area contributed by atoms with E-state index >= 15 is 0 Å². The molecule has 1 N–H and O–H groups in total. The highest BCUT2D eigenvalue weighted by molar-refractivity contribution is 7.90. The molecule has 0 atom stereocenters. The SMILES string of the molecule is CS(=O)(=O)c1ccc(C(=O)Nc2ccc(OCC#N)cc2)cc1. The Morgan fingerprint density at radius 1 is 1.13 bits per heavy atom. The minimum Gasteiger partial charge on any atom is -0.479 e. The van der Waals surface area contributed by atoms with Gasteiger partial charge in [0, 0.05) is 17.5 Å². The van der Waals surface area contributed by atoms with E-state index in [1.165, 1.54) is 24.3 Å². The van der Waals surface area contributed by atoms with Crippen LogP contribution < -0.4 is 10.1 Å². The second-order valence-electron chi connectivity index (χ2n) is 4.72. The van der Waals surface area contributed by atoms with Gasteiger partial charge in [-0.05, 0) is 48.5 Å². The van der Waals surface area contributed by atoms with Gasteiger partial charge < -0.3 is 10.1 Å². The number of ether oxygens (including phenoxy) is 1. The zero-order valence-electron chi connectivity index (χ0n) is 12.3. The standard InChI is InChI=1S/C16H14N2O4S/c1-23(20,21)15-8-2-12(3-9-15)16(19)18-13-4-6-14(7-5-13)22-11-10-17/h2-9H,11H2,1H3,(H,18,19). The Kier molecular flexibility index (Phi) is 4.98. The van der Waals surface area contributed by atoms with Crippen molar-refractivity contribution in [2.24, 2.45) is 0 Å². The Morgan fingerprint density at radius 2 is 1.74 bits per heavy atom. The number of carbonyl (C=O) groups excluding carboxylic acids is 1. The van der Waals surface area contributed by atoms with E-state index < -0.39 is 9.84 Å². The first-order valence-electron chi connectivity index (χ1n) is 6.61. The molecule has 1 amide bonds. The van der Waals surface area contributed by atoms with E-state index in [0.29, 0.717) is 17.0 Å². The van der Waals surface area contributed by atoms with Crippen LogP contribution in [0.5, 0.6) is 5.75 Å². The summed E-state index contributed by atoms with van der Waals surface area (Å²) in [5.74, 6) is 0.179. The Morgan fingerprint density at radius 3 is 2.26 bits per heavy atom. The van der Waals surface area contributed by atoms with E-state index in [0.717, 1.165) is 6.26 Å². The number of hydrogen-bond donors (Lipinski definition) is 1. The van der Waals surface area contributed by atoms with Crippen LogP contribution in [0, 0.1) is 11.3 Å². The van der Waals surface area contributed by atoms with E-state index in [1.54, 1.807) is 24.3 Å². The highest BCUT2D eigenvalue weighted by atomic mass is 32.2. The third-order valence-electron chi connectivity index (χ3n) is 2.96. The number of anilines is 1. The fourth-order valence-electron chi connectivity index (χ4n) is 1.81. The van der Waals surface area contributed by atoms with Crippen molar-refractivity contribution in [2.45, 2.75) is 4.90 Å². The van der Waals surface area contributed by atoms with Crippen LogP contribution in [0.15, 0.2) is 53.4 Å². The van der Waals surface area contributed by atoms with Gasteiger partial charge >= 0.3 is 0 Å². The first-order chi connectivity index (χ1) is 10.9. The molecule has 0 fully saturated rings. The lowest BCUT2D eigenvalue weighted by molar-refractivity contribution is 0.102. The van der Waals surface area contributed by atoms with Gasteiger partial charge in [-0.1, -0.05) is 0 Å². The fourth-order valence-corrected chi connectivity index (χ4v) is 2.44. The Labute approximate surface area is 134 Å². The topological polar surface area (TPSA) is 96.3 Å². The summed E-state index contributed by atoms with van der Waals surface area (Å²) in [6.07, 6.45) is 1.11. The highest BCUT2D eigenvalue weighted by Crippen LogP contribution is 2.17. The van der Waals surface area contributed by atoms with E-state index in [-0.39, 0.29) is 17.4 Å². The van der Waals surface area contributed by atoms with Gasteiger partial charge in [-0.15, -0.1) is 0 Å². The molecule has 0 aliphatic carbocycles. The molecular formula is C16H14N2O4S. The maximum Gasteiger partial charge on any atom is 0.255 e. The third kappa shape index (κ3) is 4.56. The van der Waals surface area contributed by atoms with E-state index in [2.05, 4.69) is 5.32 Å². The highest BCUT2D eigenvalue weighted by Gasteiger charge is 2.10. The van der Waals surface area contributed by atoms with Crippen LogP contribution in [0.25, 0.3) is 0 Å². The number of benzene rings is 2. The number of nitrogens with zero attached hydrogens (tertiary/aromatic N) is 1. The van der Waals surface area contributed by atoms with Crippen molar-refractivity contribution >= 4 is 21.4 Å². The molecule has 118 valence electrons. The van der Waals surface area contributed by atoms with Crippen molar-refractivity contribution in [3.8, 4) is 11.8 Å². The van der Waals surface area contributed by atoms with Gasteiger partial charge in [0.15, 0.2) is 16.4 Å². The Hall–Kier alpha value is -2.85. The molecule has 0 spiro atoms. The van der Waals surface area contributed by atoms with Crippen LogP contribution in [0.4, 0.5) is 5.69 Å². The first kappa shape index (κ1) is 16.5. The molecule has 23 heavy (non-hydrogen) atoms. The smallest absolute Gasteiger partial charge is 0.255 e. The predicted molar refractivity (Wildman–Crippen MR) is 85.1 cm³/mol. The summed E-state index contributed by atoms with van der Waals surface area (Å²) >= 11 is 0. The molecule has 0 radical (unpaired) electrons. The Bertz CT molecular complexity index is 835. The zero-order chi connectivity index (χ0) is 16.9. The monoisotopic (exact) mass is 330 g/mol. The lowest BCUT2D eigenvalue weighted by Crippen LogP contribution is -2.12. The molecule has 0 bridgehead atoms. The summed E-state index contributed by atoms with van der Waals surface area (Å²) in [4.78, 5) is 12.3. The maximum atomic E-state index is 12.1. The van der Waals surface area contributed by atoms with Gasteiger partial charge in [0.1, 0.15) is 11.8 Å². The number of sulfone groups is 1. The molecule has 7 heteroatoms. The van der Waals surface area contributed by atoms with Crippen LogP contribution >= 0.6 is 0 Å². The average Bonchev–Trinajstić information content (AvgIpc) is 2.53. The van der Waals surface area contributed by atoms with Crippen LogP contribution in [0.3, 0.4) is 0 Å². The van der Waals surface area contributed by atoms with Crippen molar-refractivity contribution in [3.05, 3.63) is 54.1 Å². The molecule has 0 saturated carbocycles. The normalized spacial score (nSPS) is 10.6. The zero-order valence-corrected chi connectivity index (χ0v) is 13.1. The predicted octanol–water partition coefficient (Wildman–Crippen LogP) is 2.24. The number of carbonyl (C=O) groups is 1. The Balaban J connectivity index is 2.05. The van der Waals surface area contributed by atoms with Crippen LogP contribution in [0.2, 0.25) is 0 Å². The molecule has 0 saturated heterocycles. The van der Waals surface area contributed by atoms with Gasteiger partial charge in [0.25, 0.3) is 5.91 Å². The van der Waals surface area contributed by atoms with Gasteiger partial charge in [0.2, 0.25) is 0 Å². The van der Waals surface area contributed by atoms with Crippen LogP contribution in [0.1, 0.15) is 10.4 Å². The number of rotatable bonds is 5. The van der Waals surface area contributed by atoms with Gasteiger partial charge in [-0.25, -0.2) is 8.42 Å². The second-order valence-corrected chi connectivity index (χ2v) is 6.74. The molecule has 0 unspecified atom stereocenters. The van der Waals surface area contributed by atoms with Crippen molar-refractivity contribution in [3.63, 3.8) is 0 Å². The number of nitriles is 1. The maximum absolute atomic E-state index is 12.1. The lowest BCUT2D eigenvalue weighted by atomic mass is 10.2. The van der Waals surface area contributed by atoms with Crippen LogP contribution in [-0.4, -0.2) is 27.2 Å². The summed E-state index contributed by atoms with van der Waals surface area (Å²) in [5.41, 5.74) is 0.911. The number of hydrogen-bond acceptors (Lipinski definition) is 5. The summed E-state index contributed by atoms with van der Waals surface area (Å²) in [7, 11) is -3.29. The molecule has 0 aliphatic rings. The molecular weight excluding hydrogens is 316 g/mol. The van der Waals surface area contributed by atoms with Gasteiger partial charge in [-0.3, -0.25) is 4.79 Å². The molecule has 2 aromatic rings. The molecule has 0 aliphatic heterocycles. The molecule has 6 nitrogen and oxygen atoms in total. The average molecular weight is 330 g/mol. The lowest BCUT2D eigenvalue weighted by Gasteiger charge is -2.07. The number of amides is 1. The van der Waals surface area contributed by atoms with Crippen molar-refractivity contribution in [1.29, 1.82) is 5.26 Å². The van der Waals surface area contributed by atoms with Gasteiger partial charge in [-0.2, -0.15) is 5.26 Å². The molecule has 2 rings (SSSR count).